The van der Waals surface area contributed by atoms with Crippen molar-refractivity contribution in [3.8, 4) is 0 Å². The number of carbonyl (C=O) groups excluding carboxylic acids is 2. The summed E-state index contributed by atoms with van der Waals surface area (Å²) in [6.07, 6.45) is 6.93. The van der Waals surface area contributed by atoms with Gasteiger partial charge in [-0.15, -0.1) is 0 Å². The molecule has 1 aromatic carbocycles. The number of benzene rings is 1. The molecule has 158 valence electrons. The van der Waals surface area contributed by atoms with E-state index in [2.05, 4.69) is 6.92 Å². The van der Waals surface area contributed by atoms with Crippen molar-refractivity contribution < 1.29 is 18.5 Å². The fourth-order valence-corrected chi connectivity index (χ4v) is 6.41. The molecule has 4 atom stereocenters. The fraction of sp³-hybridized carbons (Fsp3) is 0.583. The van der Waals surface area contributed by atoms with Gasteiger partial charge < -0.3 is 4.74 Å². The number of fused-ring (bicyclic) bond motifs is 1. The Morgan fingerprint density at radius 2 is 1.83 bits per heavy atom. The maximum Gasteiger partial charge on any atom is 0.309 e. The smallest absolute Gasteiger partial charge is 0.309 e. The number of ether oxygens (including phenoxy) is 1. The van der Waals surface area contributed by atoms with Gasteiger partial charge in [-0.05, 0) is 44.7 Å². The van der Waals surface area contributed by atoms with E-state index >= 15 is 0 Å². The lowest BCUT2D eigenvalue weighted by atomic mass is 9.75. The Kier molecular flexibility index (Phi) is 7.44. The van der Waals surface area contributed by atoms with Gasteiger partial charge in [-0.2, -0.15) is 0 Å². The highest BCUT2D eigenvalue weighted by Crippen LogP contribution is 2.48. The van der Waals surface area contributed by atoms with Gasteiger partial charge in [0, 0.05) is 27.2 Å². The van der Waals surface area contributed by atoms with Crippen LogP contribution in [0.4, 0.5) is 0 Å². The summed E-state index contributed by atoms with van der Waals surface area (Å²) >= 11 is 0. The van der Waals surface area contributed by atoms with E-state index < -0.39 is 22.6 Å². The number of hydrogen-bond donors (Lipinski definition) is 0. The van der Waals surface area contributed by atoms with Crippen LogP contribution in [0.2, 0.25) is 0 Å². The maximum absolute atomic E-state index is 13.7. The Labute approximate surface area is 176 Å². The second-order valence-corrected chi connectivity index (χ2v) is 9.74. The molecule has 3 rings (SSSR count). The van der Waals surface area contributed by atoms with Crippen LogP contribution >= 0.6 is 0 Å². The molecule has 29 heavy (non-hydrogen) atoms. The molecule has 5 heteroatoms. The predicted octanol–water partition coefficient (Wildman–Crippen LogP) is 5.12. The zero-order valence-electron chi connectivity index (χ0n) is 17.7. The molecule has 0 bridgehead atoms. The van der Waals surface area contributed by atoms with Crippen LogP contribution in [0, 0.1) is 24.7 Å². The third kappa shape index (κ3) is 4.55. The average molecular weight is 417 g/mol. The number of unbranched alkanes of at least 4 members (excludes halogenated alkanes) is 1. The van der Waals surface area contributed by atoms with Crippen molar-refractivity contribution in [3.63, 3.8) is 0 Å². The molecule has 1 aromatic rings. The third-order valence-electron chi connectivity index (χ3n) is 6.35. The van der Waals surface area contributed by atoms with E-state index in [0.29, 0.717) is 12.8 Å². The largest absolute Gasteiger partial charge is 0.469 e. The monoisotopic (exact) mass is 416 g/mol. The van der Waals surface area contributed by atoms with Gasteiger partial charge in [-0.1, -0.05) is 50.3 Å². The van der Waals surface area contributed by atoms with Gasteiger partial charge in [0.25, 0.3) is 0 Å². The number of hydrogen-bond acceptors (Lipinski definition) is 4. The minimum Gasteiger partial charge on any atom is -0.469 e. The molecule has 0 saturated heterocycles. The Morgan fingerprint density at radius 3 is 2.48 bits per heavy atom. The van der Waals surface area contributed by atoms with Gasteiger partial charge in [-0.3, -0.25) is 9.59 Å². The number of aryl methyl sites for hydroxylation is 1. The number of esters is 1. The van der Waals surface area contributed by atoms with E-state index in [1.807, 2.05) is 31.2 Å². The van der Waals surface area contributed by atoms with Gasteiger partial charge in [0.2, 0.25) is 0 Å². The number of allylic oxidation sites excluding steroid dienone is 2. The molecule has 1 saturated carbocycles. The van der Waals surface area contributed by atoms with Crippen molar-refractivity contribution in [1.29, 1.82) is 0 Å². The van der Waals surface area contributed by atoms with Crippen molar-refractivity contribution in [2.45, 2.75) is 70.1 Å². The van der Waals surface area contributed by atoms with Gasteiger partial charge in [-0.25, -0.2) is 4.21 Å². The summed E-state index contributed by atoms with van der Waals surface area (Å²) in [5.41, 5.74) is 1.83. The fourth-order valence-electron chi connectivity index (χ4n) is 4.80. The Hall–Kier alpha value is -1.75. The summed E-state index contributed by atoms with van der Waals surface area (Å²) in [7, 11) is 0.0187. The van der Waals surface area contributed by atoms with E-state index in [0.717, 1.165) is 59.5 Å². The first-order chi connectivity index (χ1) is 14.0. The standard InChI is InChI=1S/C24H32O4S/c1-4-5-9-20-22(25)21-18(10-7-6-8-11-19(21)24(26)28-3)23(20)29(27)17-14-12-16(2)13-15-17/h12-15,18-19,21H,4-11H2,1-3H3/t18-,19-,21+,29?/m0/s1. The van der Waals surface area contributed by atoms with Crippen LogP contribution in [-0.4, -0.2) is 23.1 Å². The summed E-state index contributed by atoms with van der Waals surface area (Å²) in [5.74, 6) is -1.23. The van der Waals surface area contributed by atoms with Crippen molar-refractivity contribution in [2.24, 2.45) is 17.8 Å². The number of carbonyl (C=O) groups is 2. The second-order valence-electron chi connectivity index (χ2n) is 8.29. The highest BCUT2D eigenvalue weighted by atomic mass is 32.2. The van der Waals surface area contributed by atoms with Crippen LogP contribution in [0.1, 0.15) is 63.9 Å². The summed E-state index contributed by atoms with van der Waals surface area (Å²) in [5, 5.41) is 0. The van der Waals surface area contributed by atoms with E-state index in [9.17, 15) is 13.8 Å². The van der Waals surface area contributed by atoms with E-state index in [-0.39, 0.29) is 17.7 Å². The van der Waals surface area contributed by atoms with Crippen molar-refractivity contribution in [3.05, 3.63) is 40.3 Å². The molecule has 4 nitrogen and oxygen atoms in total. The van der Waals surface area contributed by atoms with Crippen LogP contribution < -0.4 is 0 Å². The van der Waals surface area contributed by atoms with E-state index in [1.54, 1.807) is 0 Å². The molecule has 0 heterocycles. The number of methoxy groups -OCH3 is 1. The van der Waals surface area contributed by atoms with E-state index in [1.165, 1.54) is 7.11 Å². The van der Waals surface area contributed by atoms with Gasteiger partial charge >= 0.3 is 5.97 Å². The average Bonchev–Trinajstić information content (AvgIpc) is 2.96. The van der Waals surface area contributed by atoms with E-state index in [4.69, 9.17) is 4.74 Å². The highest BCUT2D eigenvalue weighted by Gasteiger charge is 2.49. The molecule has 2 aliphatic rings. The molecule has 1 unspecified atom stereocenters. The minimum absolute atomic E-state index is 0.0382. The molecule has 0 aliphatic heterocycles. The van der Waals surface area contributed by atoms with Crippen molar-refractivity contribution >= 4 is 22.6 Å². The van der Waals surface area contributed by atoms with Crippen molar-refractivity contribution in [2.75, 3.05) is 7.11 Å². The Morgan fingerprint density at radius 1 is 1.14 bits per heavy atom. The van der Waals surface area contributed by atoms with Crippen LogP contribution in [0.3, 0.4) is 0 Å². The van der Waals surface area contributed by atoms with Crippen LogP contribution in [0.25, 0.3) is 0 Å². The molecular formula is C24H32O4S. The first-order valence-electron chi connectivity index (χ1n) is 10.8. The zero-order chi connectivity index (χ0) is 21.0. The second kappa shape index (κ2) is 9.84. The van der Waals surface area contributed by atoms with Gasteiger partial charge in [0.05, 0.1) is 23.8 Å². The SMILES string of the molecule is CCCCC1=C(S(=O)c2ccc(C)cc2)[C@H]2CCCCC[C@H](C(=O)OC)[C@@H]2C1=O. The molecule has 0 radical (unpaired) electrons. The normalized spacial score (nSPS) is 25.9. The maximum atomic E-state index is 13.7. The topological polar surface area (TPSA) is 60.4 Å². The molecule has 0 aromatic heterocycles. The number of rotatable bonds is 6. The lowest BCUT2D eigenvalue weighted by Gasteiger charge is -2.29. The van der Waals surface area contributed by atoms with Gasteiger partial charge in [0.15, 0.2) is 5.78 Å². The molecule has 1 fully saturated rings. The molecule has 0 amide bonds. The zero-order valence-corrected chi connectivity index (χ0v) is 18.6. The third-order valence-corrected chi connectivity index (χ3v) is 8.00. The van der Waals surface area contributed by atoms with Crippen LogP contribution in [0.15, 0.2) is 39.6 Å². The predicted molar refractivity (Wildman–Crippen MR) is 115 cm³/mol. The molecular weight excluding hydrogens is 384 g/mol. The minimum atomic E-state index is -1.38. The van der Waals surface area contributed by atoms with Crippen LogP contribution in [0.5, 0.6) is 0 Å². The lowest BCUT2D eigenvalue weighted by molar-refractivity contribution is -0.150. The van der Waals surface area contributed by atoms with Crippen molar-refractivity contribution in [1.82, 2.24) is 0 Å². The molecule has 0 N–H and O–H groups in total. The van der Waals surface area contributed by atoms with Gasteiger partial charge in [0.1, 0.15) is 0 Å². The number of Topliss-reactive ketones (excluding diaryl/α,β-unsaturated/α-hetero) is 1. The summed E-state index contributed by atoms with van der Waals surface area (Å²) in [6, 6.07) is 7.72. The summed E-state index contributed by atoms with van der Waals surface area (Å²) < 4.78 is 18.7. The lowest BCUT2D eigenvalue weighted by Crippen LogP contribution is -2.34. The van der Waals surface area contributed by atoms with Crippen LogP contribution in [-0.2, 0) is 25.1 Å². The Bertz CT molecular complexity index is 809. The summed E-state index contributed by atoms with van der Waals surface area (Å²) in [6.45, 7) is 4.10. The quantitative estimate of drug-likeness (QED) is 0.604. The number of ketones is 1. The molecule has 2 aliphatic carbocycles. The molecule has 0 spiro atoms. The Balaban J connectivity index is 2.06. The highest BCUT2D eigenvalue weighted by molar-refractivity contribution is 7.89. The first kappa shape index (κ1) is 21.9. The summed E-state index contributed by atoms with van der Waals surface area (Å²) in [4.78, 5) is 27.6. The first-order valence-corrected chi connectivity index (χ1v) is 12.0.